The molecule has 0 aliphatic carbocycles. The van der Waals surface area contributed by atoms with Gasteiger partial charge in [0.2, 0.25) is 0 Å². The maximum absolute atomic E-state index is 6.28. The van der Waals surface area contributed by atoms with Crippen LogP contribution in [0.2, 0.25) is 10.0 Å². The first kappa shape index (κ1) is 16.8. The van der Waals surface area contributed by atoms with Crippen molar-refractivity contribution < 1.29 is 0 Å². The van der Waals surface area contributed by atoms with Gasteiger partial charge in [-0.15, -0.1) is 0 Å². The van der Waals surface area contributed by atoms with Gasteiger partial charge in [-0.25, -0.2) is 4.98 Å². The Hall–Kier alpha value is -1.03. The first-order valence-corrected chi connectivity index (χ1v) is 9.07. The molecule has 3 rings (SSSR count). The molecular weight excluding hydrogens is 329 g/mol. The number of nitrogens with zero attached hydrogens (tertiary/aromatic N) is 3. The van der Waals surface area contributed by atoms with E-state index in [1.165, 1.54) is 18.7 Å². The molecule has 124 valence electrons. The quantitative estimate of drug-likeness (QED) is 0.780. The van der Waals surface area contributed by atoms with Crippen molar-refractivity contribution in [2.75, 3.05) is 13.1 Å². The topological polar surface area (TPSA) is 21.1 Å². The molecule has 0 bridgehead atoms. The lowest BCUT2D eigenvalue weighted by atomic mass is 9.96. The molecule has 0 saturated carbocycles. The highest BCUT2D eigenvalue weighted by Crippen LogP contribution is 2.25. The second kappa shape index (κ2) is 7.69. The highest BCUT2D eigenvalue weighted by Gasteiger charge is 2.20. The second-order valence-corrected chi connectivity index (χ2v) is 7.15. The SMILES string of the molecule is CCc1nccn1CC1CCN(Cc2ccc(Cl)cc2Cl)CC1. The minimum Gasteiger partial charge on any atom is -0.335 e. The molecule has 0 spiro atoms. The van der Waals surface area contributed by atoms with Crippen molar-refractivity contribution in [3.8, 4) is 0 Å². The van der Waals surface area contributed by atoms with E-state index in [1.807, 2.05) is 24.4 Å². The molecule has 23 heavy (non-hydrogen) atoms. The lowest BCUT2D eigenvalue weighted by Crippen LogP contribution is -2.34. The summed E-state index contributed by atoms with van der Waals surface area (Å²) in [6, 6.07) is 5.78. The second-order valence-electron chi connectivity index (χ2n) is 6.30. The maximum atomic E-state index is 6.28. The normalized spacial score (nSPS) is 16.8. The van der Waals surface area contributed by atoms with Crippen molar-refractivity contribution in [2.45, 2.75) is 39.3 Å². The van der Waals surface area contributed by atoms with Gasteiger partial charge in [-0.2, -0.15) is 0 Å². The Morgan fingerprint density at radius 3 is 2.70 bits per heavy atom. The third-order valence-corrected chi connectivity index (χ3v) is 5.28. The van der Waals surface area contributed by atoms with Crippen LogP contribution in [0.25, 0.3) is 0 Å². The van der Waals surface area contributed by atoms with E-state index in [0.717, 1.165) is 49.1 Å². The highest BCUT2D eigenvalue weighted by molar-refractivity contribution is 6.35. The van der Waals surface area contributed by atoms with Crippen LogP contribution in [-0.4, -0.2) is 27.5 Å². The molecule has 0 N–H and O–H groups in total. The maximum Gasteiger partial charge on any atom is 0.108 e. The van der Waals surface area contributed by atoms with Crippen molar-refractivity contribution >= 4 is 23.2 Å². The van der Waals surface area contributed by atoms with Crippen LogP contribution in [0.5, 0.6) is 0 Å². The fourth-order valence-corrected chi connectivity index (χ4v) is 3.79. The first-order valence-electron chi connectivity index (χ1n) is 8.32. The molecule has 0 unspecified atom stereocenters. The van der Waals surface area contributed by atoms with Crippen molar-refractivity contribution in [3.05, 3.63) is 52.0 Å². The smallest absolute Gasteiger partial charge is 0.108 e. The van der Waals surface area contributed by atoms with E-state index in [1.54, 1.807) is 0 Å². The summed E-state index contributed by atoms with van der Waals surface area (Å²) in [7, 11) is 0. The summed E-state index contributed by atoms with van der Waals surface area (Å²) in [5.74, 6) is 1.94. The van der Waals surface area contributed by atoms with E-state index in [4.69, 9.17) is 23.2 Å². The summed E-state index contributed by atoms with van der Waals surface area (Å²) in [4.78, 5) is 6.90. The molecule has 0 amide bonds. The minimum atomic E-state index is 0.699. The van der Waals surface area contributed by atoms with Gasteiger partial charge < -0.3 is 4.57 Å². The summed E-state index contributed by atoms with van der Waals surface area (Å²) in [6.07, 6.45) is 7.48. The average molecular weight is 352 g/mol. The monoisotopic (exact) mass is 351 g/mol. The van der Waals surface area contributed by atoms with Crippen molar-refractivity contribution in [1.29, 1.82) is 0 Å². The van der Waals surface area contributed by atoms with Gasteiger partial charge in [0.1, 0.15) is 5.82 Å². The van der Waals surface area contributed by atoms with Crippen LogP contribution in [-0.2, 0) is 19.5 Å². The van der Waals surface area contributed by atoms with Gasteiger partial charge in [0.25, 0.3) is 0 Å². The molecule has 2 heterocycles. The molecule has 2 aromatic rings. The van der Waals surface area contributed by atoms with Crippen molar-refractivity contribution in [1.82, 2.24) is 14.5 Å². The van der Waals surface area contributed by atoms with Gasteiger partial charge in [0.05, 0.1) is 0 Å². The molecular formula is C18H23Cl2N3. The Morgan fingerprint density at radius 1 is 1.22 bits per heavy atom. The zero-order chi connectivity index (χ0) is 16.2. The number of likely N-dealkylation sites (tertiary alicyclic amines) is 1. The van der Waals surface area contributed by atoms with Crippen LogP contribution in [0, 0.1) is 5.92 Å². The number of imidazole rings is 1. The predicted molar refractivity (Wildman–Crippen MR) is 96.1 cm³/mol. The number of halogens is 2. The van der Waals surface area contributed by atoms with Gasteiger partial charge in [0, 0.05) is 41.9 Å². The van der Waals surface area contributed by atoms with E-state index < -0.39 is 0 Å². The molecule has 1 aromatic carbocycles. The van der Waals surface area contributed by atoms with Crippen LogP contribution in [0.1, 0.15) is 31.2 Å². The predicted octanol–water partition coefficient (Wildman–Crippen LogP) is 4.66. The molecule has 1 aliphatic heterocycles. The first-order chi connectivity index (χ1) is 11.2. The Labute approximate surface area is 148 Å². The summed E-state index contributed by atoms with van der Waals surface area (Å²) < 4.78 is 2.32. The molecule has 3 nitrogen and oxygen atoms in total. The van der Waals surface area contributed by atoms with Crippen LogP contribution in [0.3, 0.4) is 0 Å². The zero-order valence-corrected chi connectivity index (χ0v) is 15.0. The van der Waals surface area contributed by atoms with Gasteiger partial charge in [-0.3, -0.25) is 4.90 Å². The number of rotatable bonds is 5. The molecule has 1 saturated heterocycles. The Kier molecular flexibility index (Phi) is 5.62. The number of benzene rings is 1. The minimum absolute atomic E-state index is 0.699. The molecule has 1 aromatic heterocycles. The summed E-state index contributed by atoms with van der Waals surface area (Å²) in [6.45, 7) is 6.42. The summed E-state index contributed by atoms with van der Waals surface area (Å²) in [5.41, 5.74) is 1.16. The van der Waals surface area contributed by atoms with E-state index in [2.05, 4.69) is 27.6 Å². The summed E-state index contributed by atoms with van der Waals surface area (Å²) in [5, 5.41) is 1.47. The highest BCUT2D eigenvalue weighted by atomic mass is 35.5. The van der Waals surface area contributed by atoms with Gasteiger partial charge in [-0.05, 0) is 49.5 Å². The van der Waals surface area contributed by atoms with E-state index in [0.29, 0.717) is 5.02 Å². The van der Waals surface area contributed by atoms with Crippen LogP contribution < -0.4 is 0 Å². The van der Waals surface area contributed by atoms with E-state index in [9.17, 15) is 0 Å². The molecule has 5 heteroatoms. The van der Waals surface area contributed by atoms with Crippen LogP contribution in [0.4, 0.5) is 0 Å². The number of aromatic nitrogens is 2. The lowest BCUT2D eigenvalue weighted by Gasteiger charge is -2.32. The van der Waals surface area contributed by atoms with Gasteiger partial charge in [-0.1, -0.05) is 36.2 Å². The van der Waals surface area contributed by atoms with Crippen molar-refractivity contribution in [3.63, 3.8) is 0 Å². The lowest BCUT2D eigenvalue weighted by molar-refractivity contribution is 0.166. The molecule has 1 aliphatic rings. The number of hydrogen-bond acceptors (Lipinski definition) is 2. The van der Waals surface area contributed by atoms with Gasteiger partial charge >= 0.3 is 0 Å². The van der Waals surface area contributed by atoms with E-state index >= 15 is 0 Å². The Bertz CT molecular complexity index is 645. The number of hydrogen-bond donors (Lipinski definition) is 0. The van der Waals surface area contributed by atoms with Gasteiger partial charge in [0.15, 0.2) is 0 Å². The molecule has 0 atom stereocenters. The number of aryl methyl sites for hydroxylation is 1. The largest absolute Gasteiger partial charge is 0.335 e. The third-order valence-electron chi connectivity index (χ3n) is 4.69. The van der Waals surface area contributed by atoms with Crippen LogP contribution in [0.15, 0.2) is 30.6 Å². The fraction of sp³-hybridized carbons (Fsp3) is 0.500. The molecule has 0 radical (unpaired) electrons. The summed E-state index contributed by atoms with van der Waals surface area (Å²) >= 11 is 12.2. The fourth-order valence-electron chi connectivity index (χ4n) is 3.32. The average Bonchev–Trinajstić information content (AvgIpc) is 2.99. The third kappa shape index (κ3) is 4.28. The van der Waals surface area contributed by atoms with E-state index in [-0.39, 0.29) is 0 Å². The van der Waals surface area contributed by atoms with Crippen molar-refractivity contribution in [2.24, 2.45) is 5.92 Å². The zero-order valence-electron chi connectivity index (χ0n) is 13.5. The van der Waals surface area contributed by atoms with Crippen LogP contribution >= 0.6 is 23.2 Å². The number of piperidine rings is 1. The molecule has 1 fully saturated rings. The Morgan fingerprint density at radius 2 is 2.00 bits per heavy atom. The Balaban J connectivity index is 1.52. The standard InChI is InChI=1S/C18H23Cl2N3/c1-2-18-21-7-10-23(18)12-14-5-8-22(9-6-14)13-15-3-4-16(19)11-17(15)20/h3-4,7,10-11,14H,2,5-6,8-9,12-13H2,1H3.